The SMILES string of the molecule is CC1CN(C(=O)OC(C)(C)C)CCc2cc(CO)ccc21. The van der Waals surface area contributed by atoms with Gasteiger partial charge in [0.1, 0.15) is 5.60 Å². The topological polar surface area (TPSA) is 49.8 Å². The summed E-state index contributed by atoms with van der Waals surface area (Å²) >= 11 is 0. The minimum Gasteiger partial charge on any atom is -0.444 e. The van der Waals surface area contributed by atoms with Crippen LogP contribution in [0.15, 0.2) is 18.2 Å². The van der Waals surface area contributed by atoms with E-state index in [1.165, 1.54) is 11.1 Å². The molecule has 1 atom stereocenters. The molecule has 0 saturated carbocycles. The van der Waals surface area contributed by atoms with E-state index in [0.29, 0.717) is 13.1 Å². The van der Waals surface area contributed by atoms with Crippen LogP contribution in [0.5, 0.6) is 0 Å². The molecule has 0 spiro atoms. The highest BCUT2D eigenvalue weighted by molar-refractivity contribution is 5.68. The van der Waals surface area contributed by atoms with E-state index >= 15 is 0 Å². The first-order valence-electron chi connectivity index (χ1n) is 7.50. The van der Waals surface area contributed by atoms with Crippen LogP contribution in [0.2, 0.25) is 0 Å². The number of carbonyl (C=O) groups excluding carboxylic acids is 1. The third kappa shape index (κ3) is 3.97. The van der Waals surface area contributed by atoms with Crippen LogP contribution in [0.1, 0.15) is 50.3 Å². The molecular formula is C17H25NO3. The van der Waals surface area contributed by atoms with Crippen molar-refractivity contribution >= 4 is 6.09 Å². The van der Waals surface area contributed by atoms with Gasteiger partial charge in [0.25, 0.3) is 0 Å². The van der Waals surface area contributed by atoms with Crippen molar-refractivity contribution in [1.29, 1.82) is 0 Å². The maximum Gasteiger partial charge on any atom is 0.410 e. The Labute approximate surface area is 126 Å². The van der Waals surface area contributed by atoms with E-state index in [-0.39, 0.29) is 18.6 Å². The van der Waals surface area contributed by atoms with Gasteiger partial charge in [-0.15, -0.1) is 0 Å². The van der Waals surface area contributed by atoms with Gasteiger partial charge >= 0.3 is 6.09 Å². The minimum atomic E-state index is -0.469. The van der Waals surface area contributed by atoms with Crippen LogP contribution in [0.3, 0.4) is 0 Å². The molecule has 1 aliphatic rings. The maximum atomic E-state index is 12.2. The smallest absolute Gasteiger partial charge is 0.410 e. The Morgan fingerprint density at radius 2 is 2.14 bits per heavy atom. The van der Waals surface area contributed by atoms with E-state index in [1.807, 2.05) is 32.9 Å². The highest BCUT2D eigenvalue weighted by Gasteiger charge is 2.27. The van der Waals surface area contributed by atoms with Gasteiger partial charge in [0.05, 0.1) is 6.61 Å². The molecule has 4 heteroatoms. The van der Waals surface area contributed by atoms with Gasteiger partial charge in [0, 0.05) is 13.1 Å². The molecule has 0 radical (unpaired) electrons. The molecular weight excluding hydrogens is 266 g/mol. The maximum absolute atomic E-state index is 12.2. The molecule has 1 aromatic rings. The van der Waals surface area contributed by atoms with E-state index in [9.17, 15) is 9.90 Å². The lowest BCUT2D eigenvalue weighted by Gasteiger charge is -2.27. The van der Waals surface area contributed by atoms with Crippen LogP contribution in [-0.4, -0.2) is 34.8 Å². The van der Waals surface area contributed by atoms with E-state index in [1.54, 1.807) is 4.90 Å². The van der Waals surface area contributed by atoms with Gasteiger partial charge in [0.15, 0.2) is 0 Å². The zero-order valence-electron chi connectivity index (χ0n) is 13.3. The molecule has 116 valence electrons. The van der Waals surface area contributed by atoms with E-state index in [2.05, 4.69) is 13.0 Å². The van der Waals surface area contributed by atoms with Crippen molar-refractivity contribution in [3.05, 3.63) is 34.9 Å². The lowest BCUT2D eigenvalue weighted by molar-refractivity contribution is 0.0248. The molecule has 0 fully saturated rings. The predicted molar refractivity (Wildman–Crippen MR) is 82.3 cm³/mol. The second kappa shape index (κ2) is 6.06. The number of rotatable bonds is 1. The van der Waals surface area contributed by atoms with Crippen LogP contribution in [0.25, 0.3) is 0 Å². The van der Waals surface area contributed by atoms with E-state index in [4.69, 9.17) is 4.74 Å². The fraction of sp³-hybridized carbons (Fsp3) is 0.588. The molecule has 1 N–H and O–H groups in total. The molecule has 4 nitrogen and oxygen atoms in total. The van der Waals surface area contributed by atoms with Crippen molar-refractivity contribution in [2.75, 3.05) is 13.1 Å². The Bertz CT molecular complexity index is 519. The van der Waals surface area contributed by atoms with E-state index in [0.717, 1.165) is 12.0 Å². The molecule has 0 aliphatic carbocycles. The number of hydrogen-bond acceptors (Lipinski definition) is 3. The number of carbonyl (C=O) groups is 1. The Hall–Kier alpha value is -1.55. The molecule has 1 heterocycles. The Morgan fingerprint density at radius 3 is 2.76 bits per heavy atom. The normalized spacial score (nSPS) is 18.9. The predicted octanol–water partition coefficient (Wildman–Crippen LogP) is 3.08. The van der Waals surface area contributed by atoms with Crippen molar-refractivity contribution in [3.63, 3.8) is 0 Å². The largest absolute Gasteiger partial charge is 0.444 e. The monoisotopic (exact) mass is 291 g/mol. The fourth-order valence-corrected chi connectivity index (χ4v) is 2.72. The molecule has 21 heavy (non-hydrogen) atoms. The molecule has 0 aromatic heterocycles. The average molecular weight is 291 g/mol. The highest BCUT2D eigenvalue weighted by Crippen LogP contribution is 2.27. The second-order valence-electron chi connectivity index (χ2n) is 6.77. The van der Waals surface area contributed by atoms with Crippen LogP contribution in [0.4, 0.5) is 4.79 Å². The summed E-state index contributed by atoms with van der Waals surface area (Å²) in [5.74, 6) is 0.266. The Morgan fingerprint density at radius 1 is 1.43 bits per heavy atom. The number of nitrogens with zero attached hydrogens (tertiary/aromatic N) is 1. The van der Waals surface area contributed by atoms with Gasteiger partial charge < -0.3 is 14.7 Å². The summed E-state index contributed by atoms with van der Waals surface area (Å²) in [6, 6.07) is 6.08. The van der Waals surface area contributed by atoms with Gasteiger partial charge in [-0.3, -0.25) is 0 Å². The van der Waals surface area contributed by atoms with Gasteiger partial charge in [0.2, 0.25) is 0 Å². The number of amides is 1. The van der Waals surface area contributed by atoms with Crippen molar-refractivity contribution in [1.82, 2.24) is 4.90 Å². The zero-order valence-corrected chi connectivity index (χ0v) is 13.3. The first-order valence-corrected chi connectivity index (χ1v) is 7.50. The molecule has 2 rings (SSSR count). The number of aliphatic hydroxyl groups excluding tert-OH is 1. The first-order chi connectivity index (χ1) is 9.80. The summed E-state index contributed by atoms with van der Waals surface area (Å²) in [5.41, 5.74) is 2.94. The van der Waals surface area contributed by atoms with Crippen molar-refractivity contribution in [2.45, 2.75) is 52.2 Å². The zero-order chi connectivity index (χ0) is 15.6. The molecule has 0 bridgehead atoms. The third-order valence-corrected chi connectivity index (χ3v) is 3.72. The molecule has 1 aliphatic heterocycles. The summed E-state index contributed by atoms with van der Waals surface area (Å²) in [6.45, 7) is 9.15. The van der Waals surface area contributed by atoms with Gasteiger partial charge in [-0.25, -0.2) is 4.79 Å². The van der Waals surface area contributed by atoms with Gasteiger partial charge in [-0.2, -0.15) is 0 Å². The third-order valence-electron chi connectivity index (χ3n) is 3.72. The molecule has 1 amide bonds. The summed E-state index contributed by atoms with van der Waals surface area (Å²) in [4.78, 5) is 14.0. The summed E-state index contributed by atoms with van der Waals surface area (Å²) in [6.07, 6.45) is 0.553. The van der Waals surface area contributed by atoms with E-state index < -0.39 is 5.60 Å². The highest BCUT2D eigenvalue weighted by atomic mass is 16.6. The number of ether oxygens (including phenoxy) is 1. The number of fused-ring (bicyclic) bond motifs is 1. The summed E-state index contributed by atoms with van der Waals surface area (Å²) in [7, 11) is 0. The standard InChI is InChI=1S/C17H25NO3/c1-12-10-18(16(20)21-17(2,3)4)8-7-14-9-13(11-19)5-6-15(12)14/h5-6,9,12,19H,7-8,10-11H2,1-4H3. The quantitative estimate of drug-likeness (QED) is 0.865. The van der Waals surface area contributed by atoms with Crippen LogP contribution in [-0.2, 0) is 17.8 Å². The van der Waals surface area contributed by atoms with Gasteiger partial charge in [-0.1, -0.05) is 25.1 Å². The van der Waals surface area contributed by atoms with Crippen LogP contribution in [0, 0.1) is 0 Å². The minimum absolute atomic E-state index is 0.0530. The van der Waals surface area contributed by atoms with Crippen LogP contribution < -0.4 is 0 Å². The van der Waals surface area contributed by atoms with Crippen molar-refractivity contribution in [3.8, 4) is 0 Å². The second-order valence-corrected chi connectivity index (χ2v) is 6.77. The number of aliphatic hydroxyl groups is 1. The van der Waals surface area contributed by atoms with Crippen molar-refractivity contribution in [2.24, 2.45) is 0 Å². The number of benzene rings is 1. The van der Waals surface area contributed by atoms with Crippen LogP contribution >= 0.6 is 0 Å². The Kier molecular flexibility index (Phi) is 4.57. The fourth-order valence-electron chi connectivity index (χ4n) is 2.72. The molecule has 0 saturated heterocycles. The summed E-state index contributed by atoms with van der Waals surface area (Å²) in [5, 5.41) is 9.26. The number of hydrogen-bond donors (Lipinski definition) is 1. The Balaban J connectivity index is 2.15. The lowest BCUT2D eigenvalue weighted by atomic mass is 9.94. The average Bonchev–Trinajstić information content (AvgIpc) is 2.56. The lowest BCUT2D eigenvalue weighted by Crippen LogP contribution is -2.38. The molecule has 1 unspecified atom stereocenters. The van der Waals surface area contributed by atoms with Gasteiger partial charge in [-0.05, 0) is 49.8 Å². The molecule has 1 aromatic carbocycles. The first kappa shape index (κ1) is 15.8. The summed E-state index contributed by atoms with van der Waals surface area (Å²) < 4.78 is 5.47. The van der Waals surface area contributed by atoms with Crippen molar-refractivity contribution < 1.29 is 14.6 Å².